The Kier molecular flexibility index (Phi) is 3.92. The second-order valence-corrected chi connectivity index (χ2v) is 4.24. The van der Waals surface area contributed by atoms with Crippen LogP contribution in [-0.4, -0.2) is 25.1 Å². The zero-order valence-corrected chi connectivity index (χ0v) is 10.8. The summed E-state index contributed by atoms with van der Waals surface area (Å²) in [5.74, 6) is 1.11. The smallest absolute Gasteiger partial charge is 0.164 e. The summed E-state index contributed by atoms with van der Waals surface area (Å²) in [5, 5.41) is 4.13. The molecule has 0 amide bonds. The van der Waals surface area contributed by atoms with Gasteiger partial charge in [0, 0.05) is 30.9 Å². The number of carbonyl (C=O) groups excluding carboxylic acids is 1. The fourth-order valence-electron chi connectivity index (χ4n) is 1.91. The summed E-state index contributed by atoms with van der Waals surface area (Å²) in [4.78, 5) is 16.0. The summed E-state index contributed by atoms with van der Waals surface area (Å²) in [5.41, 5.74) is 0.777. The predicted octanol–water partition coefficient (Wildman–Crippen LogP) is 2.13. The van der Waals surface area contributed by atoms with Crippen LogP contribution in [0.5, 0.6) is 0 Å². The molecule has 2 aromatic rings. The van der Waals surface area contributed by atoms with Crippen molar-refractivity contribution >= 4 is 5.78 Å². The Morgan fingerprint density at radius 1 is 1.39 bits per heavy atom. The molecule has 0 N–H and O–H groups in total. The number of nitrogens with zero attached hydrogens (tertiary/aromatic N) is 4. The first-order valence-electron chi connectivity index (χ1n) is 6.30. The van der Waals surface area contributed by atoms with Gasteiger partial charge in [-0.05, 0) is 19.4 Å². The number of rotatable bonds is 6. The van der Waals surface area contributed by atoms with E-state index in [-0.39, 0.29) is 5.78 Å². The van der Waals surface area contributed by atoms with E-state index in [1.807, 2.05) is 41.6 Å². The molecule has 0 saturated heterocycles. The van der Waals surface area contributed by atoms with Gasteiger partial charge in [-0.2, -0.15) is 5.10 Å². The molecule has 0 atom stereocenters. The van der Waals surface area contributed by atoms with Crippen LogP contribution >= 0.6 is 0 Å². The molecule has 0 radical (unpaired) electrons. The van der Waals surface area contributed by atoms with Crippen molar-refractivity contribution in [1.82, 2.24) is 19.3 Å². The maximum Gasteiger partial charge on any atom is 0.164 e. The van der Waals surface area contributed by atoms with Gasteiger partial charge in [0.15, 0.2) is 5.78 Å². The number of aromatic nitrogens is 4. The van der Waals surface area contributed by atoms with E-state index in [1.54, 1.807) is 6.33 Å². The first-order valence-corrected chi connectivity index (χ1v) is 6.30. The zero-order valence-electron chi connectivity index (χ0n) is 10.8. The zero-order chi connectivity index (χ0) is 13.0. The van der Waals surface area contributed by atoms with Crippen molar-refractivity contribution in [2.24, 2.45) is 0 Å². The van der Waals surface area contributed by atoms with Gasteiger partial charge in [0.2, 0.25) is 0 Å². The molecule has 2 rings (SSSR count). The van der Waals surface area contributed by atoms with E-state index in [1.165, 1.54) is 0 Å². The Labute approximate surface area is 106 Å². The van der Waals surface area contributed by atoms with E-state index in [9.17, 15) is 4.79 Å². The van der Waals surface area contributed by atoms with E-state index in [4.69, 9.17) is 0 Å². The van der Waals surface area contributed by atoms with Gasteiger partial charge in [0.05, 0.1) is 6.54 Å². The van der Waals surface area contributed by atoms with Crippen LogP contribution in [0.3, 0.4) is 0 Å². The van der Waals surface area contributed by atoms with Gasteiger partial charge >= 0.3 is 0 Å². The lowest BCUT2D eigenvalue weighted by molar-refractivity contribution is 0.0981. The molecule has 0 saturated carbocycles. The fourth-order valence-corrected chi connectivity index (χ4v) is 1.91. The fraction of sp³-hybridized carbons (Fsp3) is 0.462. The third-order valence-corrected chi connectivity index (χ3v) is 2.87. The summed E-state index contributed by atoms with van der Waals surface area (Å²) in [7, 11) is 0. The molecular formula is C13H18N4O. The van der Waals surface area contributed by atoms with Gasteiger partial charge in [-0.1, -0.05) is 6.92 Å². The monoisotopic (exact) mass is 246 g/mol. The van der Waals surface area contributed by atoms with Gasteiger partial charge in [-0.25, -0.2) is 9.67 Å². The lowest BCUT2D eigenvalue weighted by Crippen LogP contribution is -2.08. The largest absolute Gasteiger partial charge is 0.346 e. The van der Waals surface area contributed by atoms with E-state index in [2.05, 4.69) is 10.1 Å². The Balaban J connectivity index is 2.09. The van der Waals surface area contributed by atoms with Crippen LogP contribution in [0, 0.1) is 0 Å². The second-order valence-electron chi connectivity index (χ2n) is 4.24. The Morgan fingerprint density at radius 3 is 2.94 bits per heavy atom. The minimum atomic E-state index is 0.202. The molecule has 0 aliphatic rings. The van der Waals surface area contributed by atoms with Gasteiger partial charge in [0.1, 0.15) is 12.2 Å². The molecule has 0 spiro atoms. The van der Waals surface area contributed by atoms with Crippen molar-refractivity contribution in [3.05, 3.63) is 36.2 Å². The second kappa shape index (κ2) is 5.62. The van der Waals surface area contributed by atoms with Crippen LogP contribution in [-0.2, 0) is 13.1 Å². The first kappa shape index (κ1) is 12.5. The number of hydrogen-bond donors (Lipinski definition) is 0. The first-order chi connectivity index (χ1) is 8.74. The molecule has 0 unspecified atom stereocenters. The third-order valence-electron chi connectivity index (χ3n) is 2.87. The average Bonchev–Trinajstić information content (AvgIpc) is 2.99. The highest BCUT2D eigenvalue weighted by atomic mass is 16.1. The van der Waals surface area contributed by atoms with Gasteiger partial charge in [-0.15, -0.1) is 0 Å². The molecule has 0 aromatic carbocycles. The van der Waals surface area contributed by atoms with Crippen LogP contribution in [0.4, 0.5) is 0 Å². The van der Waals surface area contributed by atoms with Crippen LogP contribution < -0.4 is 0 Å². The molecule has 2 heterocycles. The van der Waals surface area contributed by atoms with E-state index in [0.717, 1.165) is 24.4 Å². The van der Waals surface area contributed by atoms with Crippen molar-refractivity contribution in [2.45, 2.75) is 39.8 Å². The standard InChI is InChI=1S/C13H18N4O/c1-3-5-12(18)11-6-7-16(8-11)9-13-14-10-15-17(13)4-2/h6-8,10H,3-5,9H2,1-2H3. The quantitative estimate of drug-likeness (QED) is 0.734. The van der Waals surface area contributed by atoms with Crippen molar-refractivity contribution in [3.63, 3.8) is 0 Å². The number of carbonyl (C=O) groups is 1. The molecule has 5 nitrogen and oxygen atoms in total. The average molecular weight is 246 g/mol. The number of ketones is 1. The molecular weight excluding hydrogens is 228 g/mol. The minimum Gasteiger partial charge on any atom is -0.346 e. The molecule has 2 aromatic heterocycles. The van der Waals surface area contributed by atoms with Crippen molar-refractivity contribution in [1.29, 1.82) is 0 Å². The van der Waals surface area contributed by atoms with Crippen LogP contribution in [0.15, 0.2) is 24.8 Å². The van der Waals surface area contributed by atoms with Crippen molar-refractivity contribution < 1.29 is 4.79 Å². The highest BCUT2D eigenvalue weighted by molar-refractivity contribution is 5.95. The summed E-state index contributed by atoms with van der Waals surface area (Å²) in [6.45, 7) is 5.49. The van der Waals surface area contributed by atoms with Crippen LogP contribution in [0.2, 0.25) is 0 Å². The normalized spacial score (nSPS) is 10.8. The molecule has 96 valence electrons. The highest BCUT2D eigenvalue weighted by Crippen LogP contribution is 2.08. The maximum atomic E-state index is 11.7. The Hall–Kier alpha value is -1.91. The lowest BCUT2D eigenvalue weighted by atomic mass is 10.1. The number of aryl methyl sites for hydroxylation is 1. The van der Waals surface area contributed by atoms with E-state index in [0.29, 0.717) is 13.0 Å². The molecule has 18 heavy (non-hydrogen) atoms. The SMILES string of the molecule is CCCC(=O)c1ccn(Cc2ncnn2CC)c1. The van der Waals surface area contributed by atoms with Crippen LogP contribution in [0.25, 0.3) is 0 Å². The molecule has 5 heteroatoms. The number of Topliss-reactive ketones (excluding diaryl/α,β-unsaturated/α-hetero) is 1. The molecule has 0 aliphatic carbocycles. The Morgan fingerprint density at radius 2 is 2.22 bits per heavy atom. The lowest BCUT2D eigenvalue weighted by Gasteiger charge is -2.03. The summed E-state index contributed by atoms with van der Waals surface area (Å²) >= 11 is 0. The van der Waals surface area contributed by atoms with E-state index >= 15 is 0 Å². The molecule has 0 fully saturated rings. The molecule has 0 aliphatic heterocycles. The van der Waals surface area contributed by atoms with Crippen LogP contribution in [0.1, 0.15) is 42.9 Å². The summed E-state index contributed by atoms with van der Waals surface area (Å²) in [6.07, 6.45) is 6.85. The van der Waals surface area contributed by atoms with Gasteiger partial charge < -0.3 is 4.57 Å². The number of hydrogen-bond acceptors (Lipinski definition) is 3. The molecule has 0 bridgehead atoms. The van der Waals surface area contributed by atoms with Crippen molar-refractivity contribution in [3.8, 4) is 0 Å². The predicted molar refractivity (Wildman–Crippen MR) is 68.5 cm³/mol. The minimum absolute atomic E-state index is 0.202. The van der Waals surface area contributed by atoms with Crippen molar-refractivity contribution in [2.75, 3.05) is 0 Å². The topological polar surface area (TPSA) is 52.7 Å². The summed E-state index contributed by atoms with van der Waals surface area (Å²) < 4.78 is 3.83. The summed E-state index contributed by atoms with van der Waals surface area (Å²) in [6, 6.07) is 1.87. The van der Waals surface area contributed by atoms with E-state index < -0.39 is 0 Å². The third kappa shape index (κ3) is 2.67. The van der Waals surface area contributed by atoms with Gasteiger partial charge in [-0.3, -0.25) is 4.79 Å². The highest BCUT2D eigenvalue weighted by Gasteiger charge is 2.08. The Bertz CT molecular complexity index is 527. The maximum absolute atomic E-state index is 11.7. The van der Waals surface area contributed by atoms with Gasteiger partial charge in [0.25, 0.3) is 0 Å².